The number of carbonyl (C=O) groups is 2. The lowest BCUT2D eigenvalue weighted by molar-refractivity contribution is -0.129. The minimum Gasteiger partial charge on any atom is -0.484 e. The third-order valence-corrected chi connectivity index (χ3v) is 5.28. The summed E-state index contributed by atoms with van der Waals surface area (Å²) in [5, 5.41) is 4.53. The maximum atomic E-state index is 13.4. The van der Waals surface area contributed by atoms with Gasteiger partial charge in [0.15, 0.2) is 13.2 Å². The van der Waals surface area contributed by atoms with Crippen molar-refractivity contribution in [2.45, 2.75) is 18.9 Å². The summed E-state index contributed by atoms with van der Waals surface area (Å²) in [5.41, 5.74) is 2.71. The molecular formula is C21H21Cl2F2N3O4. The van der Waals surface area contributed by atoms with Gasteiger partial charge in [-0.1, -0.05) is 23.2 Å². The number of halogens is 4. The van der Waals surface area contributed by atoms with Crippen molar-refractivity contribution < 1.29 is 27.8 Å². The molecule has 2 aromatic rings. The summed E-state index contributed by atoms with van der Waals surface area (Å²) < 4.78 is 37.3. The third kappa shape index (κ3) is 7.22. The molecule has 32 heavy (non-hydrogen) atoms. The first-order valence-electron chi connectivity index (χ1n) is 9.79. The summed E-state index contributed by atoms with van der Waals surface area (Å²) in [7, 11) is 0. The van der Waals surface area contributed by atoms with E-state index in [0.717, 1.165) is 12.1 Å². The molecule has 0 atom stereocenters. The molecule has 7 nitrogen and oxygen atoms in total. The summed E-state index contributed by atoms with van der Waals surface area (Å²) in [5.74, 6) is -1.54. The Hall–Kier alpha value is -2.62. The summed E-state index contributed by atoms with van der Waals surface area (Å²) in [6, 6.07) is 7.80. The Morgan fingerprint density at radius 3 is 1.91 bits per heavy atom. The average molecular weight is 488 g/mol. The normalized spacial score (nSPS) is 14.6. The Bertz CT molecular complexity index is 895. The number of rotatable bonds is 8. The largest absolute Gasteiger partial charge is 0.484 e. The van der Waals surface area contributed by atoms with Gasteiger partial charge in [0.25, 0.3) is 11.8 Å². The van der Waals surface area contributed by atoms with Crippen LogP contribution >= 0.6 is 23.2 Å². The third-order valence-electron chi connectivity index (χ3n) is 4.66. The first-order valence-corrected chi connectivity index (χ1v) is 10.6. The van der Waals surface area contributed by atoms with Crippen molar-refractivity contribution in [3.63, 3.8) is 0 Å². The van der Waals surface area contributed by atoms with Crippen molar-refractivity contribution in [1.82, 2.24) is 15.8 Å². The smallest absolute Gasteiger partial charge is 0.272 e. The van der Waals surface area contributed by atoms with E-state index in [9.17, 15) is 18.4 Å². The van der Waals surface area contributed by atoms with Gasteiger partial charge in [0.05, 0.1) is 10.0 Å². The van der Waals surface area contributed by atoms with E-state index in [0.29, 0.717) is 25.9 Å². The fraction of sp³-hybridized carbons (Fsp3) is 0.333. The van der Waals surface area contributed by atoms with Crippen LogP contribution in [0, 0.1) is 11.6 Å². The van der Waals surface area contributed by atoms with Gasteiger partial charge in [-0.15, -0.1) is 0 Å². The van der Waals surface area contributed by atoms with E-state index in [1.165, 1.54) is 24.3 Å². The van der Waals surface area contributed by atoms with Crippen LogP contribution in [0.4, 0.5) is 8.78 Å². The number of carbonyl (C=O) groups excluding carboxylic acids is 2. The van der Waals surface area contributed by atoms with Crippen molar-refractivity contribution >= 4 is 35.0 Å². The molecule has 0 aliphatic carbocycles. The highest BCUT2D eigenvalue weighted by Crippen LogP contribution is 2.21. The summed E-state index contributed by atoms with van der Waals surface area (Å²) >= 11 is 11.2. The van der Waals surface area contributed by atoms with Crippen LogP contribution in [-0.4, -0.2) is 49.2 Å². The summed E-state index contributed by atoms with van der Waals surface area (Å²) in [4.78, 5) is 24.1. The van der Waals surface area contributed by atoms with Gasteiger partial charge < -0.3 is 14.8 Å². The monoisotopic (exact) mass is 487 g/mol. The van der Waals surface area contributed by atoms with Crippen LogP contribution in [0.15, 0.2) is 36.4 Å². The molecule has 0 radical (unpaired) electrons. The van der Waals surface area contributed by atoms with Gasteiger partial charge in [-0.3, -0.25) is 15.0 Å². The number of hydrogen-bond acceptors (Lipinski definition) is 5. The Labute approximate surface area is 193 Å². The number of benzene rings is 2. The van der Waals surface area contributed by atoms with Crippen molar-refractivity contribution in [3.05, 3.63) is 58.1 Å². The zero-order valence-electron chi connectivity index (χ0n) is 16.9. The topological polar surface area (TPSA) is 79.9 Å². The average Bonchev–Trinajstić information content (AvgIpc) is 2.77. The minimum atomic E-state index is -0.626. The van der Waals surface area contributed by atoms with Gasteiger partial charge >= 0.3 is 0 Å². The van der Waals surface area contributed by atoms with Crippen molar-refractivity contribution in [3.8, 4) is 11.5 Å². The molecule has 0 aromatic heterocycles. The molecule has 2 amide bonds. The van der Waals surface area contributed by atoms with Gasteiger partial charge in [-0.05, 0) is 37.1 Å². The van der Waals surface area contributed by atoms with E-state index in [2.05, 4.69) is 10.7 Å². The van der Waals surface area contributed by atoms with Crippen LogP contribution < -0.4 is 20.2 Å². The first kappa shape index (κ1) is 24.0. The Kier molecular flexibility index (Phi) is 8.49. The number of nitrogens with one attached hydrogen (secondary N) is 2. The van der Waals surface area contributed by atoms with Crippen LogP contribution in [0.5, 0.6) is 11.5 Å². The van der Waals surface area contributed by atoms with E-state index < -0.39 is 11.6 Å². The van der Waals surface area contributed by atoms with Crippen molar-refractivity contribution in [1.29, 1.82) is 0 Å². The Morgan fingerprint density at radius 2 is 1.41 bits per heavy atom. The predicted molar refractivity (Wildman–Crippen MR) is 115 cm³/mol. The number of piperidine rings is 1. The molecular weight excluding hydrogens is 467 g/mol. The fourth-order valence-corrected chi connectivity index (χ4v) is 3.28. The van der Waals surface area contributed by atoms with E-state index in [-0.39, 0.29) is 52.6 Å². The van der Waals surface area contributed by atoms with Crippen molar-refractivity contribution in [2.75, 3.05) is 26.3 Å². The molecule has 1 aliphatic rings. The van der Waals surface area contributed by atoms with Crippen LogP contribution in [0.1, 0.15) is 12.8 Å². The van der Waals surface area contributed by atoms with Crippen LogP contribution in [-0.2, 0) is 9.59 Å². The molecule has 172 valence electrons. The molecule has 0 spiro atoms. The van der Waals surface area contributed by atoms with Gasteiger partial charge in [0.1, 0.15) is 23.1 Å². The lowest BCUT2D eigenvalue weighted by Gasteiger charge is -2.32. The van der Waals surface area contributed by atoms with E-state index in [1.807, 2.05) is 0 Å². The van der Waals surface area contributed by atoms with Crippen LogP contribution in [0.25, 0.3) is 0 Å². The zero-order valence-corrected chi connectivity index (χ0v) is 18.4. The molecule has 1 fully saturated rings. The number of hydrazine groups is 1. The second kappa shape index (κ2) is 11.3. The molecule has 0 unspecified atom stereocenters. The highest BCUT2D eigenvalue weighted by Gasteiger charge is 2.22. The lowest BCUT2D eigenvalue weighted by Crippen LogP contribution is -2.52. The number of nitrogens with zero attached hydrogens (tertiary/aromatic N) is 1. The van der Waals surface area contributed by atoms with E-state index in [4.69, 9.17) is 32.7 Å². The van der Waals surface area contributed by atoms with Crippen molar-refractivity contribution in [2.24, 2.45) is 0 Å². The van der Waals surface area contributed by atoms with Crippen LogP contribution in [0.3, 0.4) is 0 Å². The maximum absolute atomic E-state index is 13.4. The fourth-order valence-electron chi connectivity index (χ4n) is 3.04. The second-order valence-electron chi connectivity index (χ2n) is 7.09. The molecule has 0 saturated carbocycles. The molecule has 1 aliphatic heterocycles. The summed E-state index contributed by atoms with van der Waals surface area (Å²) in [6.07, 6.45) is 1.23. The van der Waals surface area contributed by atoms with E-state index >= 15 is 0 Å². The van der Waals surface area contributed by atoms with Gasteiger partial charge in [0, 0.05) is 31.3 Å². The zero-order chi connectivity index (χ0) is 23.1. The minimum absolute atomic E-state index is 0.0221. The quantitative estimate of drug-likeness (QED) is 0.596. The predicted octanol–water partition coefficient (Wildman–Crippen LogP) is 3.34. The molecule has 1 heterocycles. The Morgan fingerprint density at radius 1 is 0.906 bits per heavy atom. The second-order valence-corrected chi connectivity index (χ2v) is 7.91. The molecule has 3 rings (SSSR count). The van der Waals surface area contributed by atoms with Crippen LogP contribution in [0.2, 0.25) is 10.0 Å². The first-order chi connectivity index (χ1) is 15.3. The SMILES string of the molecule is O=C(COc1ccc(Cl)c(F)c1)NC1CCN(NC(=O)COc2ccc(Cl)c(F)c2)CC1. The van der Waals surface area contributed by atoms with Gasteiger partial charge in [-0.25, -0.2) is 13.8 Å². The number of amides is 2. The Balaban J connectivity index is 1.33. The molecule has 2 aromatic carbocycles. The molecule has 0 bridgehead atoms. The van der Waals surface area contributed by atoms with Gasteiger partial charge in [0.2, 0.25) is 0 Å². The standard InChI is InChI=1S/C21H21Cl2F2N3O4/c22-16-3-1-14(9-18(16)24)31-11-20(29)26-13-5-7-28(8-6-13)27-21(30)12-32-15-2-4-17(23)19(25)10-15/h1-4,9-10,13H,5-8,11-12H2,(H,26,29)(H,27,30). The molecule has 1 saturated heterocycles. The lowest BCUT2D eigenvalue weighted by atomic mass is 10.1. The maximum Gasteiger partial charge on any atom is 0.272 e. The van der Waals surface area contributed by atoms with Gasteiger partial charge in [-0.2, -0.15) is 0 Å². The highest BCUT2D eigenvalue weighted by molar-refractivity contribution is 6.31. The number of ether oxygens (including phenoxy) is 2. The highest BCUT2D eigenvalue weighted by atomic mass is 35.5. The molecule has 2 N–H and O–H groups in total. The number of hydrogen-bond donors (Lipinski definition) is 2. The molecule has 11 heteroatoms. The summed E-state index contributed by atoms with van der Waals surface area (Å²) in [6.45, 7) is 0.520. The van der Waals surface area contributed by atoms with E-state index in [1.54, 1.807) is 5.01 Å².